The van der Waals surface area contributed by atoms with Gasteiger partial charge in [-0.15, -0.1) is 0 Å². The highest BCUT2D eigenvalue weighted by Gasteiger charge is 2.28. The molecular weight excluding hydrogens is 200 g/mol. The maximum Gasteiger partial charge on any atom is 0.115 e. The Morgan fingerprint density at radius 3 is 2.56 bits per heavy atom. The second kappa shape index (κ2) is 5.00. The molecular formula is C13H16N2O. The molecule has 84 valence electrons. The number of phenols is 1. The van der Waals surface area contributed by atoms with Crippen LogP contribution in [0.3, 0.4) is 0 Å². The van der Waals surface area contributed by atoms with Gasteiger partial charge in [-0.2, -0.15) is 5.26 Å². The van der Waals surface area contributed by atoms with Gasteiger partial charge in [0.05, 0.1) is 6.07 Å². The van der Waals surface area contributed by atoms with E-state index in [0.717, 1.165) is 13.1 Å². The molecule has 2 rings (SSSR count). The minimum absolute atomic E-state index is 0.304. The fourth-order valence-corrected chi connectivity index (χ4v) is 1.86. The Hall–Kier alpha value is -1.53. The van der Waals surface area contributed by atoms with E-state index in [2.05, 4.69) is 11.0 Å². The van der Waals surface area contributed by atoms with E-state index in [4.69, 9.17) is 5.26 Å². The van der Waals surface area contributed by atoms with E-state index in [0.29, 0.717) is 18.2 Å². The first-order chi connectivity index (χ1) is 7.79. The van der Waals surface area contributed by atoms with E-state index in [-0.39, 0.29) is 0 Å². The van der Waals surface area contributed by atoms with E-state index < -0.39 is 0 Å². The predicted octanol–water partition coefficient (Wildman–Crippen LogP) is 2.27. The van der Waals surface area contributed by atoms with Crippen LogP contribution < -0.4 is 0 Å². The Labute approximate surface area is 95.9 Å². The van der Waals surface area contributed by atoms with Crippen molar-refractivity contribution in [3.8, 4) is 11.8 Å². The Bertz CT molecular complexity index is 376. The van der Waals surface area contributed by atoms with Crippen LogP contribution in [-0.2, 0) is 6.54 Å². The molecule has 1 fully saturated rings. The highest BCUT2D eigenvalue weighted by Crippen LogP contribution is 2.28. The van der Waals surface area contributed by atoms with E-state index in [1.807, 2.05) is 12.1 Å². The van der Waals surface area contributed by atoms with Gasteiger partial charge in [-0.3, -0.25) is 4.90 Å². The molecule has 3 heteroatoms. The molecule has 1 N–H and O–H groups in total. The number of phenolic OH excluding ortho intramolecular Hbond substituents is 1. The van der Waals surface area contributed by atoms with Gasteiger partial charge in [0.25, 0.3) is 0 Å². The summed E-state index contributed by atoms with van der Waals surface area (Å²) < 4.78 is 0. The van der Waals surface area contributed by atoms with Gasteiger partial charge in [-0.05, 0) is 30.5 Å². The molecule has 16 heavy (non-hydrogen) atoms. The summed E-state index contributed by atoms with van der Waals surface area (Å²) in [7, 11) is 0. The maximum absolute atomic E-state index is 9.20. The molecule has 0 aliphatic heterocycles. The summed E-state index contributed by atoms with van der Waals surface area (Å²) in [4.78, 5) is 2.36. The third-order valence-electron chi connectivity index (χ3n) is 2.90. The molecule has 0 bridgehead atoms. The van der Waals surface area contributed by atoms with Gasteiger partial charge in [-0.1, -0.05) is 12.1 Å². The van der Waals surface area contributed by atoms with Gasteiger partial charge in [0.15, 0.2) is 0 Å². The first kappa shape index (κ1) is 11.0. The van der Waals surface area contributed by atoms with E-state index in [1.165, 1.54) is 18.4 Å². The largest absolute Gasteiger partial charge is 0.508 e. The van der Waals surface area contributed by atoms with Crippen LogP contribution in [-0.4, -0.2) is 22.6 Å². The quantitative estimate of drug-likeness (QED) is 0.821. The van der Waals surface area contributed by atoms with Crippen LogP contribution >= 0.6 is 0 Å². The number of nitriles is 1. The average molecular weight is 216 g/mol. The lowest BCUT2D eigenvalue weighted by Gasteiger charge is -2.20. The number of benzene rings is 1. The summed E-state index contributed by atoms with van der Waals surface area (Å²) in [6.07, 6.45) is 3.10. The molecule has 1 aromatic rings. The van der Waals surface area contributed by atoms with Crippen LogP contribution in [0.25, 0.3) is 0 Å². The third-order valence-corrected chi connectivity index (χ3v) is 2.90. The lowest BCUT2D eigenvalue weighted by atomic mass is 10.2. The standard InChI is InChI=1S/C13H16N2O/c14-8-1-9-15(12-4-5-12)10-11-2-6-13(16)7-3-11/h2-3,6-7,12,16H,1,4-5,9-10H2. The van der Waals surface area contributed by atoms with Crippen LogP contribution in [0.4, 0.5) is 0 Å². The number of hydrogen-bond acceptors (Lipinski definition) is 3. The second-order valence-corrected chi connectivity index (χ2v) is 4.28. The highest BCUT2D eigenvalue weighted by molar-refractivity contribution is 5.25. The first-order valence-electron chi connectivity index (χ1n) is 5.68. The van der Waals surface area contributed by atoms with Gasteiger partial charge in [0, 0.05) is 25.6 Å². The highest BCUT2D eigenvalue weighted by atomic mass is 16.3. The third kappa shape index (κ3) is 2.98. The van der Waals surface area contributed by atoms with Gasteiger partial charge in [0.2, 0.25) is 0 Å². The SMILES string of the molecule is N#CCCN(Cc1ccc(O)cc1)C1CC1. The lowest BCUT2D eigenvalue weighted by molar-refractivity contribution is 0.261. The zero-order valence-corrected chi connectivity index (χ0v) is 9.26. The van der Waals surface area contributed by atoms with Crippen LogP contribution in [0.2, 0.25) is 0 Å². The van der Waals surface area contributed by atoms with Crippen LogP contribution in [0.1, 0.15) is 24.8 Å². The second-order valence-electron chi connectivity index (χ2n) is 4.28. The summed E-state index contributed by atoms with van der Waals surface area (Å²) in [5.41, 5.74) is 1.20. The van der Waals surface area contributed by atoms with Crippen molar-refractivity contribution in [1.82, 2.24) is 4.90 Å². The monoisotopic (exact) mass is 216 g/mol. The molecule has 0 saturated heterocycles. The first-order valence-corrected chi connectivity index (χ1v) is 5.68. The average Bonchev–Trinajstić information content (AvgIpc) is 3.11. The molecule has 0 atom stereocenters. The minimum atomic E-state index is 0.304. The van der Waals surface area contributed by atoms with Crippen LogP contribution in [0.5, 0.6) is 5.75 Å². The predicted molar refractivity (Wildman–Crippen MR) is 61.8 cm³/mol. The number of rotatable bonds is 5. The van der Waals surface area contributed by atoms with Crippen molar-refractivity contribution in [1.29, 1.82) is 5.26 Å². The van der Waals surface area contributed by atoms with Gasteiger partial charge < -0.3 is 5.11 Å². The summed E-state index contributed by atoms with van der Waals surface area (Å²) in [6, 6.07) is 10.2. The number of nitrogens with zero attached hydrogens (tertiary/aromatic N) is 2. The van der Waals surface area contributed by atoms with Crippen molar-refractivity contribution in [3.63, 3.8) is 0 Å². The maximum atomic E-state index is 9.20. The molecule has 3 nitrogen and oxygen atoms in total. The lowest BCUT2D eigenvalue weighted by Crippen LogP contribution is -2.26. The van der Waals surface area contributed by atoms with Crippen LogP contribution in [0, 0.1) is 11.3 Å². The summed E-state index contributed by atoms with van der Waals surface area (Å²) in [5.74, 6) is 0.304. The summed E-state index contributed by atoms with van der Waals surface area (Å²) in [5, 5.41) is 17.8. The zero-order valence-electron chi connectivity index (χ0n) is 9.26. The molecule has 1 aliphatic carbocycles. The Balaban J connectivity index is 1.94. The van der Waals surface area contributed by atoms with E-state index >= 15 is 0 Å². The fraction of sp³-hybridized carbons (Fsp3) is 0.462. The Kier molecular flexibility index (Phi) is 3.43. The normalized spacial score (nSPS) is 15.0. The van der Waals surface area contributed by atoms with E-state index in [9.17, 15) is 5.11 Å². The molecule has 0 heterocycles. The summed E-state index contributed by atoms with van der Waals surface area (Å²) in [6.45, 7) is 1.73. The van der Waals surface area contributed by atoms with Gasteiger partial charge in [0.1, 0.15) is 5.75 Å². The van der Waals surface area contributed by atoms with Crippen molar-refractivity contribution in [3.05, 3.63) is 29.8 Å². The van der Waals surface area contributed by atoms with Crippen molar-refractivity contribution in [2.75, 3.05) is 6.54 Å². The van der Waals surface area contributed by atoms with Gasteiger partial charge >= 0.3 is 0 Å². The molecule has 0 radical (unpaired) electrons. The summed E-state index contributed by atoms with van der Waals surface area (Å²) >= 11 is 0. The van der Waals surface area contributed by atoms with Crippen LogP contribution in [0.15, 0.2) is 24.3 Å². The van der Waals surface area contributed by atoms with Crippen molar-refractivity contribution in [2.45, 2.75) is 31.8 Å². The zero-order chi connectivity index (χ0) is 11.4. The number of aromatic hydroxyl groups is 1. The molecule has 0 unspecified atom stereocenters. The van der Waals surface area contributed by atoms with Crippen molar-refractivity contribution < 1.29 is 5.11 Å². The molecule has 1 saturated carbocycles. The number of hydrogen-bond donors (Lipinski definition) is 1. The topological polar surface area (TPSA) is 47.3 Å². The Morgan fingerprint density at radius 2 is 2.00 bits per heavy atom. The molecule has 1 aliphatic rings. The van der Waals surface area contributed by atoms with E-state index in [1.54, 1.807) is 12.1 Å². The molecule has 0 aromatic heterocycles. The molecule has 0 amide bonds. The molecule has 0 spiro atoms. The fourth-order valence-electron chi connectivity index (χ4n) is 1.86. The minimum Gasteiger partial charge on any atom is -0.508 e. The van der Waals surface area contributed by atoms with Crippen molar-refractivity contribution in [2.24, 2.45) is 0 Å². The van der Waals surface area contributed by atoms with Crippen molar-refractivity contribution >= 4 is 0 Å². The smallest absolute Gasteiger partial charge is 0.115 e. The Morgan fingerprint density at radius 1 is 1.31 bits per heavy atom. The molecule has 1 aromatic carbocycles. The van der Waals surface area contributed by atoms with Gasteiger partial charge in [-0.25, -0.2) is 0 Å².